The Morgan fingerprint density at radius 3 is 2.75 bits per heavy atom. The molecule has 1 aromatic heterocycles. The van der Waals surface area contributed by atoms with E-state index in [9.17, 15) is 13.2 Å². The van der Waals surface area contributed by atoms with Crippen molar-refractivity contribution in [3.8, 4) is 0 Å². The maximum atomic E-state index is 12.5. The van der Waals surface area contributed by atoms with E-state index in [-0.39, 0.29) is 29.9 Å². The highest BCUT2D eigenvalue weighted by Gasteiger charge is 2.31. The maximum Gasteiger partial charge on any atom is 0.224 e. The zero-order valence-electron chi connectivity index (χ0n) is 14.2. The van der Waals surface area contributed by atoms with Crippen molar-refractivity contribution >= 4 is 21.3 Å². The van der Waals surface area contributed by atoms with E-state index in [0.717, 1.165) is 12.1 Å². The zero-order chi connectivity index (χ0) is 17.3. The Labute approximate surface area is 142 Å². The van der Waals surface area contributed by atoms with Crippen molar-refractivity contribution in [1.29, 1.82) is 0 Å². The fourth-order valence-corrected chi connectivity index (χ4v) is 5.02. The average molecular weight is 352 g/mol. The van der Waals surface area contributed by atoms with Crippen molar-refractivity contribution in [1.82, 2.24) is 19.6 Å². The number of rotatable bonds is 3. The normalized spacial score (nSPS) is 24.7. The summed E-state index contributed by atoms with van der Waals surface area (Å²) in [7, 11) is 0.783. The van der Waals surface area contributed by atoms with Crippen LogP contribution in [0.3, 0.4) is 0 Å². The first-order valence-corrected chi connectivity index (χ1v) is 10.0. The molecule has 0 aliphatic carbocycles. The van der Waals surface area contributed by atoms with Crippen LogP contribution in [-0.4, -0.2) is 78.1 Å². The molecule has 1 fully saturated rings. The molecule has 8 heteroatoms. The second-order valence-corrected chi connectivity index (χ2v) is 8.84. The van der Waals surface area contributed by atoms with E-state index in [1.54, 1.807) is 6.20 Å². The van der Waals surface area contributed by atoms with Crippen molar-refractivity contribution in [2.45, 2.75) is 18.9 Å². The molecule has 1 unspecified atom stereocenters. The molecule has 0 radical (unpaired) electrons. The number of hydrogen-bond acceptors (Lipinski definition) is 5. The molecule has 3 heterocycles. The molecule has 0 aromatic carbocycles. The minimum atomic E-state index is -3.02. The molecule has 0 N–H and O–H groups in total. The first kappa shape index (κ1) is 17.2. The lowest BCUT2D eigenvalue weighted by Gasteiger charge is -2.34. The number of carbonyl (C=O) groups is 1. The summed E-state index contributed by atoms with van der Waals surface area (Å²) in [6, 6.07) is 1.77. The van der Waals surface area contributed by atoms with E-state index in [1.165, 1.54) is 5.57 Å². The molecular formula is C16H24N4O3S. The maximum absolute atomic E-state index is 12.5. The van der Waals surface area contributed by atoms with Gasteiger partial charge in [-0.25, -0.2) is 8.42 Å². The van der Waals surface area contributed by atoms with Gasteiger partial charge in [-0.2, -0.15) is 5.10 Å². The first-order chi connectivity index (χ1) is 11.4. The summed E-state index contributed by atoms with van der Waals surface area (Å²) in [6.45, 7) is 1.74. The van der Waals surface area contributed by atoms with Gasteiger partial charge in [-0.3, -0.25) is 9.48 Å². The number of sulfone groups is 1. The van der Waals surface area contributed by atoms with E-state index >= 15 is 0 Å². The van der Waals surface area contributed by atoms with Gasteiger partial charge in [-0.15, -0.1) is 0 Å². The highest BCUT2D eigenvalue weighted by atomic mass is 32.2. The van der Waals surface area contributed by atoms with Crippen molar-refractivity contribution in [2.24, 2.45) is 7.05 Å². The smallest absolute Gasteiger partial charge is 0.224 e. The molecule has 2 aliphatic heterocycles. The Balaban J connectivity index is 1.61. The van der Waals surface area contributed by atoms with Crippen LogP contribution in [0.1, 0.15) is 18.5 Å². The van der Waals surface area contributed by atoms with Gasteiger partial charge in [-0.1, -0.05) is 6.08 Å². The third-order valence-corrected chi connectivity index (χ3v) is 6.64. The second-order valence-electron chi connectivity index (χ2n) is 6.61. The quantitative estimate of drug-likeness (QED) is 0.774. The molecule has 0 bridgehead atoms. The number of amides is 1. The third-order valence-electron chi connectivity index (χ3n) is 4.95. The van der Waals surface area contributed by atoms with Gasteiger partial charge in [0.25, 0.3) is 0 Å². The largest absolute Gasteiger partial charge is 0.339 e. The van der Waals surface area contributed by atoms with Crippen molar-refractivity contribution in [2.75, 3.05) is 38.2 Å². The lowest BCUT2D eigenvalue weighted by molar-refractivity contribution is -0.131. The number of aryl methyl sites for hydroxylation is 1. The van der Waals surface area contributed by atoms with E-state index < -0.39 is 9.84 Å². The Morgan fingerprint density at radius 1 is 1.33 bits per heavy atom. The van der Waals surface area contributed by atoms with Gasteiger partial charge in [0.2, 0.25) is 5.91 Å². The highest BCUT2D eigenvalue weighted by Crippen LogP contribution is 2.22. The van der Waals surface area contributed by atoms with Crippen LogP contribution in [0.15, 0.2) is 18.3 Å². The van der Waals surface area contributed by atoms with Crippen LogP contribution in [0.25, 0.3) is 5.57 Å². The van der Waals surface area contributed by atoms with Crippen molar-refractivity contribution in [3.63, 3.8) is 0 Å². The van der Waals surface area contributed by atoms with Crippen LogP contribution >= 0.6 is 0 Å². The van der Waals surface area contributed by atoms with Crippen molar-refractivity contribution < 1.29 is 13.2 Å². The van der Waals surface area contributed by atoms with Crippen LogP contribution in [0.4, 0.5) is 0 Å². The van der Waals surface area contributed by atoms with Crippen LogP contribution in [0.5, 0.6) is 0 Å². The van der Waals surface area contributed by atoms with Gasteiger partial charge in [0.1, 0.15) is 0 Å². The Morgan fingerprint density at radius 2 is 2.12 bits per heavy atom. The predicted molar refractivity (Wildman–Crippen MR) is 92.1 cm³/mol. The van der Waals surface area contributed by atoms with Gasteiger partial charge >= 0.3 is 0 Å². The fourth-order valence-electron chi connectivity index (χ4n) is 3.33. The summed E-state index contributed by atoms with van der Waals surface area (Å²) < 4.78 is 25.4. The third kappa shape index (κ3) is 3.70. The Bertz CT molecular complexity index is 753. The monoisotopic (exact) mass is 352 g/mol. The zero-order valence-corrected chi connectivity index (χ0v) is 15.0. The van der Waals surface area contributed by atoms with E-state index in [0.29, 0.717) is 19.6 Å². The molecule has 1 amide bonds. The number of hydrogen-bond donors (Lipinski definition) is 0. The SMILES string of the molecule is CN1CCS(=O)(=O)CC1CC(=O)N1CC=C(c2ccnn2C)CC1. The van der Waals surface area contributed by atoms with Crippen LogP contribution in [-0.2, 0) is 21.7 Å². The van der Waals surface area contributed by atoms with Crippen LogP contribution in [0, 0.1) is 0 Å². The molecule has 132 valence electrons. The topological polar surface area (TPSA) is 75.5 Å². The first-order valence-electron chi connectivity index (χ1n) is 8.21. The molecule has 2 aliphatic rings. The Kier molecular flexibility index (Phi) is 4.78. The summed E-state index contributed by atoms with van der Waals surface area (Å²) in [4.78, 5) is 16.3. The van der Waals surface area contributed by atoms with E-state index in [2.05, 4.69) is 11.2 Å². The molecule has 0 saturated carbocycles. The molecule has 1 saturated heterocycles. The molecule has 1 aromatic rings. The molecule has 0 spiro atoms. The molecule has 1 atom stereocenters. The average Bonchev–Trinajstić information content (AvgIpc) is 2.97. The number of nitrogens with zero attached hydrogens (tertiary/aromatic N) is 4. The van der Waals surface area contributed by atoms with Crippen LogP contribution in [0.2, 0.25) is 0 Å². The van der Waals surface area contributed by atoms with Gasteiger partial charge in [0.15, 0.2) is 9.84 Å². The minimum absolute atomic E-state index is 0.0317. The summed E-state index contributed by atoms with van der Waals surface area (Å²) in [5.41, 5.74) is 2.29. The number of carbonyl (C=O) groups excluding carboxylic acids is 1. The van der Waals surface area contributed by atoms with Gasteiger partial charge in [-0.05, 0) is 25.1 Å². The molecular weight excluding hydrogens is 328 g/mol. The lowest BCUT2D eigenvalue weighted by Crippen LogP contribution is -2.49. The Hall–Kier alpha value is -1.67. The summed E-state index contributed by atoms with van der Waals surface area (Å²) in [5, 5.41) is 4.18. The minimum Gasteiger partial charge on any atom is -0.339 e. The molecule has 3 rings (SSSR count). The lowest BCUT2D eigenvalue weighted by atomic mass is 10.0. The van der Waals surface area contributed by atoms with Crippen molar-refractivity contribution in [3.05, 3.63) is 24.0 Å². The fraction of sp³-hybridized carbons (Fsp3) is 0.625. The van der Waals surface area contributed by atoms with E-state index in [4.69, 9.17) is 0 Å². The predicted octanol–water partition coefficient (Wildman–Crippen LogP) is 0.155. The number of aromatic nitrogens is 2. The second kappa shape index (κ2) is 6.68. The van der Waals surface area contributed by atoms with Crippen LogP contribution < -0.4 is 0 Å². The summed E-state index contributed by atoms with van der Waals surface area (Å²) in [6.07, 6.45) is 4.90. The summed E-state index contributed by atoms with van der Waals surface area (Å²) >= 11 is 0. The highest BCUT2D eigenvalue weighted by molar-refractivity contribution is 7.91. The molecule has 24 heavy (non-hydrogen) atoms. The van der Waals surface area contributed by atoms with E-state index in [1.807, 2.05) is 34.6 Å². The standard InChI is InChI=1S/C16H24N4O3S/c1-18-9-10-24(22,23)12-14(18)11-16(21)20-7-4-13(5-8-20)15-3-6-17-19(15)2/h3-4,6,14H,5,7-12H2,1-2H3. The summed E-state index contributed by atoms with van der Waals surface area (Å²) in [5.74, 6) is 0.303. The van der Waals surface area contributed by atoms with Gasteiger partial charge in [0, 0.05) is 45.3 Å². The van der Waals surface area contributed by atoms with Gasteiger partial charge < -0.3 is 9.80 Å². The van der Waals surface area contributed by atoms with Gasteiger partial charge in [0.05, 0.1) is 17.2 Å². The molecule has 7 nitrogen and oxygen atoms in total.